The normalized spacial score (nSPS) is 18.9. The molecule has 0 radical (unpaired) electrons. The Morgan fingerprint density at radius 2 is 1.68 bits per heavy atom. The summed E-state index contributed by atoms with van der Waals surface area (Å²) in [6, 6.07) is 16.0. The van der Waals surface area contributed by atoms with Crippen LogP contribution in [0.2, 0.25) is 0 Å². The Morgan fingerprint density at radius 3 is 2.30 bits per heavy atom. The molecule has 9 nitrogen and oxygen atoms in total. The van der Waals surface area contributed by atoms with Gasteiger partial charge in [0.15, 0.2) is 0 Å². The first-order chi connectivity index (χ1) is 18.0. The topological polar surface area (TPSA) is 96.6 Å². The number of nitrogens with one attached hydrogen (secondary N) is 1. The van der Waals surface area contributed by atoms with Crippen LogP contribution in [0.1, 0.15) is 12.8 Å². The van der Waals surface area contributed by atoms with E-state index in [4.69, 9.17) is 10.5 Å². The predicted octanol–water partition coefficient (Wildman–Crippen LogP) is 3.69. The molecule has 2 fully saturated rings. The van der Waals surface area contributed by atoms with E-state index in [9.17, 15) is 4.79 Å². The number of piperazine rings is 1. The summed E-state index contributed by atoms with van der Waals surface area (Å²) in [5.41, 5.74) is 9.68. The van der Waals surface area contributed by atoms with Gasteiger partial charge in [-0.15, -0.1) is 0 Å². The third kappa shape index (κ3) is 5.44. The fraction of sp³-hybridized carbons (Fsp3) is 0.393. The summed E-state index contributed by atoms with van der Waals surface area (Å²) in [5, 5.41) is 3.28. The van der Waals surface area contributed by atoms with Gasteiger partial charge in [-0.05, 0) is 62.8 Å². The molecule has 1 aromatic heterocycles. The van der Waals surface area contributed by atoms with Gasteiger partial charge in [-0.2, -0.15) is 0 Å². The predicted molar refractivity (Wildman–Crippen MR) is 147 cm³/mol. The minimum Gasteiger partial charge on any atom is -0.497 e. The molecule has 0 spiro atoms. The van der Waals surface area contributed by atoms with E-state index >= 15 is 0 Å². The van der Waals surface area contributed by atoms with Gasteiger partial charge < -0.3 is 20.7 Å². The average molecular weight is 503 g/mol. The highest BCUT2D eigenvalue weighted by atomic mass is 16.5. The van der Waals surface area contributed by atoms with Crippen LogP contribution in [0.25, 0.3) is 11.1 Å². The first-order valence-electron chi connectivity index (χ1n) is 12.9. The molecule has 2 aliphatic rings. The van der Waals surface area contributed by atoms with Gasteiger partial charge in [-0.3, -0.25) is 4.90 Å². The largest absolute Gasteiger partial charge is 0.497 e. The molecule has 0 aliphatic carbocycles. The van der Waals surface area contributed by atoms with E-state index in [0.717, 1.165) is 54.4 Å². The maximum Gasteiger partial charge on any atom is 0.419 e. The molecule has 2 aliphatic heterocycles. The number of likely N-dealkylation sites (tertiary alicyclic amines) is 1. The number of carbonyl (C=O) groups is 1. The second kappa shape index (κ2) is 10.8. The number of rotatable bonds is 6. The number of piperidine rings is 1. The molecule has 3 aromatic rings. The molecular formula is C28H36N7O2+. The van der Waals surface area contributed by atoms with E-state index in [0.29, 0.717) is 25.1 Å². The Hall–Kier alpha value is -3.53. The van der Waals surface area contributed by atoms with Crippen LogP contribution in [0.4, 0.5) is 22.1 Å². The first kappa shape index (κ1) is 25.1. The molecule has 5 rings (SSSR count). The maximum atomic E-state index is 12.8. The summed E-state index contributed by atoms with van der Waals surface area (Å²) in [5.74, 6) is 1.30. The highest BCUT2D eigenvalue weighted by Crippen LogP contribution is 2.31. The number of hydrogen-bond donors (Lipinski definition) is 2. The van der Waals surface area contributed by atoms with Crippen molar-refractivity contribution in [1.29, 1.82) is 0 Å². The van der Waals surface area contributed by atoms with Crippen LogP contribution in [0, 0.1) is 0 Å². The molecule has 194 valence electrons. The number of ether oxygens (including phenoxy) is 1. The van der Waals surface area contributed by atoms with Crippen molar-refractivity contribution in [2.24, 2.45) is 5.73 Å². The van der Waals surface area contributed by atoms with Crippen molar-refractivity contribution in [2.45, 2.75) is 18.9 Å². The number of quaternary nitrogens is 1. The van der Waals surface area contributed by atoms with Crippen LogP contribution in [-0.4, -0.2) is 85.3 Å². The number of amides is 2. The zero-order valence-electron chi connectivity index (χ0n) is 21.6. The lowest BCUT2D eigenvalue weighted by molar-refractivity contribution is 0.0779. The fourth-order valence-electron chi connectivity index (χ4n) is 5.46. The van der Waals surface area contributed by atoms with E-state index in [1.807, 2.05) is 48.5 Å². The zero-order chi connectivity index (χ0) is 25.8. The smallest absolute Gasteiger partial charge is 0.419 e. The zero-order valence-corrected chi connectivity index (χ0v) is 21.6. The van der Waals surface area contributed by atoms with Crippen LogP contribution in [0.5, 0.6) is 5.75 Å². The van der Waals surface area contributed by atoms with Crippen molar-refractivity contribution < 1.29 is 9.53 Å². The van der Waals surface area contributed by atoms with Gasteiger partial charge in [0, 0.05) is 48.8 Å². The monoisotopic (exact) mass is 502 g/mol. The average Bonchev–Trinajstić information content (AvgIpc) is 2.94. The third-order valence-electron chi connectivity index (χ3n) is 7.84. The number of benzene rings is 2. The van der Waals surface area contributed by atoms with Crippen molar-refractivity contribution in [2.75, 3.05) is 58.7 Å². The van der Waals surface area contributed by atoms with Crippen molar-refractivity contribution in [3.05, 3.63) is 60.9 Å². The van der Waals surface area contributed by atoms with Gasteiger partial charge in [0.25, 0.3) is 0 Å². The van der Waals surface area contributed by atoms with Gasteiger partial charge in [0.1, 0.15) is 24.5 Å². The highest BCUT2D eigenvalue weighted by molar-refractivity contribution is 5.86. The van der Waals surface area contributed by atoms with Gasteiger partial charge in [-0.1, -0.05) is 18.2 Å². The van der Waals surface area contributed by atoms with Crippen LogP contribution >= 0.6 is 0 Å². The second-order valence-electron chi connectivity index (χ2n) is 10.0. The lowest BCUT2D eigenvalue weighted by atomic mass is 10.0. The lowest BCUT2D eigenvalue weighted by Gasteiger charge is -2.45. The summed E-state index contributed by atoms with van der Waals surface area (Å²) in [4.78, 5) is 26.7. The molecule has 3 N–H and O–H groups in total. The SMILES string of the molecule is COc1ccc(-c2cnc(Nc3cccc([N+]4(C(N)=O)CCN(C5CCN(C)CC5)CC4)c3)nc2)cc1. The number of hydrogen-bond acceptors (Lipinski definition) is 7. The Morgan fingerprint density at radius 1 is 1.00 bits per heavy atom. The van der Waals surface area contributed by atoms with Crippen LogP contribution < -0.4 is 20.3 Å². The molecule has 37 heavy (non-hydrogen) atoms. The molecule has 0 bridgehead atoms. The molecular weight excluding hydrogens is 466 g/mol. The van der Waals surface area contributed by atoms with Crippen molar-refractivity contribution in [3.63, 3.8) is 0 Å². The number of nitrogens with two attached hydrogens (primary N) is 1. The van der Waals surface area contributed by atoms with Crippen molar-refractivity contribution >= 4 is 23.4 Å². The Bertz CT molecular complexity index is 1200. The van der Waals surface area contributed by atoms with Gasteiger partial charge in [-0.25, -0.2) is 19.2 Å². The summed E-state index contributed by atoms with van der Waals surface area (Å²) < 4.78 is 5.39. The van der Waals surface area contributed by atoms with Gasteiger partial charge >= 0.3 is 6.03 Å². The van der Waals surface area contributed by atoms with E-state index < -0.39 is 0 Å². The number of carbonyl (C=O) groups excluding carboxylic acids is 1. The first-order valence-corrected chi connectivity index (χ1v) is 12.9. The van der Waals surface area contributed by atoms with E-state index in [2.05, 4.69) is 32.1 Å². The molecule has 9 heteroatoms. The number of urea groups is 1. The van der Waals surface area contributed by atoms with Crippen molar-refractivity contribution in [3.8, 4) is 16.9 Å². The number of nitrogens with zero attached hydrogens (tertiary/aromatic N) is 5. The number of aromatic nitrogens is 2. The van der Waals surface area contributed by atoms with E-state index in [1.54, 1.807) is 19.5 Å². The fourth-order valence-corrected chi connectivity index (χ4v) is 5.46. The quantitative estimate of drug-likeness (QED) is 0.496. The minimum atomic E-state index is -0.305. The molecule has 0 atom stereocenters. The number of anilines is 2. The minimum absolute atomic E-state index is 0.163. The van der Waals surface area contributed by atoms with Gasteiger partial charge in [0.05, 0.1) is 7.11 Å². The van der Waals surface area contributed by atoms with Crippen LogP contribution in [-0.2, 0) is 0 Å². The molecule has 0 unspecified atom stereocenters. The summed E-state index contributed by atoms with van der Waals surface area (Å²) in [6.07, 6.45) is 5.95. The second-order valence-corrected chi connectivity index (χ2v) is 10.0. The number of primary amides is 1. The number of methoxy groups -OCH3 is 1. The van der Waals surface area contributed by atoms with Crippen LogP contribution in [0.15, 0.2) is 60.9 Å². The van der Waals surface area contributed by atoms with Gasteiger partial charge in [0.2, 0.25) is 5.95 Å². The molecule has 2 amide bonds. The lowest BCUT2D eigenvalue weighted by Crippen LogP contribution is -2.67. The summed E-state index contributed by atoms with van der Waals surface area (Å²) in [6.45, 7) is 5.36. The molecule has 3 heterocycles. The highest BCUT2D eigenvalue weighted by Gasteiger charge is 2.42. The van der Waals surface area contributed by atoms with E-state index in [1.165, 1.54) is 12.8 Å². The molecule has 2 saturated heterocycles. The standard InChI is InChI=1S/C28H35N7O2/c1-33-12-10-24(11-13-33)34-14-16-35(17-15-34,27(29)36)25-5-3-4-23(18-25)32-28-30-19-22(20-31-28)21-6-8-26(37-2)9-7-21/h3-9,18-20,24H,10-17H2,1-2H3,(H2-,29,30,31,32,36)/p+1. The molecule has 2 aromatic carbocycles. The maximum absolute atomic E-state index is 12.8. The Balaban J connectivity index is 1.28. The molecule has 0 saturated carbocycles. The van der Waals surface area contributed by atoms with Crippen molar-refractivity contribution in [1.82, 2.24) is 24.3 Å². The Labute approximate surface area is 218 Å². The summed E-state index contributed by atoms with van der Waals surface area (Å²) in [7, 11) is 3.83. The van der Waals surface area contributed by atoms with E-state index in [-0.39, 0.29) is 10.5 Å². The Kier molecular flexibility index (Phi) is 7.36. The third-order valence-corrected chi connectivity index (χ3v) is 7.84. The summed E-state index contributed by atoms with van der Waals surface area (Å²) >= 11 is 0. The van der Waals surface area contributed by atoms with Crippen LogP contribution in [0.3, 0.4) is 0 Å².